The molecule has 0 radical (unpaired) electrons. The lowest BCUT2D eigenvalue weighted by Gasteiger charge is -2.34. The third-order valence-corrected chi connectivity index (χ3v) is 5.19. The Labute approximate surface area is 140 Å². The third kappa shape index (κ3) is 4.66. The standard InChI is InChI=1S/C18H30N4O/c1-23-14-13-21-10-4-5-17(21)15-20-16-7-11-22(12-8-16)18-6-2-3-9-19-18/h2-3,6,9,16-17,20H,4-5,7-8,10-15H2,1H3/t17-/m0/s1. The summed E-state index contributed by atoms with van der Waals surface area (Å²) in [6.45, 7) is 6.48. The van der Waals surface area contributed by atoms with Gasteiger partial charge in [-0.05, 0) is 44.4 Å². The van der Waals surface area contributed by atoms with Gasteiger partial charge in [-0.1, -0.05) is 6.07 Å². The van der Waals surface area contributed by atoms with Crippen LogP contribution >= 0.6 is 0 Å². The first-order valence-corrected chi connectivity index (χ1v) is 8.99. The lowest BCUT2D eigenvalue weighted by Crippen LogP contribution is -2.47. The first kappa shape index (κ1) is 16.7. The zero-order valence-electron chi connectivity index (χ0n) is 14.3. The molecule has 0 bridgehead atoms. The Morgan fingerprint density at radius 2 is 2.09 bits per heavy atom. The first-order chi connectivity index (χ1) is 11.4. The van der Waals surface area contributed by atoms with E-state index in [1.165, 1.54) is 32.2 Å². The molecule has 1 atom stereocenters. The highest BCUT2D eigenvalue weighted by molar-refractivity contribution is 5.38. The number of hydrogen-bond donors (Lipinski definition) is 1. The van der Waals surface area contributed by atoms with Crippen molar-refractivity contribution < 1.29 is 4.74 Å². The van der Waals surface area contributed by atoms with Crippen molar-refractivity contribution in [3.63, 3.8) is 0 Å². The highest BCUT2D eigenvalue weighted by Gasteiger charge is 2.26. The molecule has 5 heteroatoms. The van der Waals surface area contributed by atoms with Gasteiger partial charge in [-0.2, -0.15) is 0 Å². The Hall–Kier alpha value is -1.17. The summed E-state index contributed by atoms with van der Waals surface area (Å²) in [5.41, 5.74) is 0. The summed E-state index contributed by atoms with van der Waals surface area (Å²) in [6, 6.07) is 7.51. The van der Waals surface area contributed by atoms with Crippen LogP contribution in [0.4, 0.5) is 5.82 Å². The van der Waals surface area contributed by atoms with Crippen molar-refractivity contribution in [2.75, 3.05) is 51.3 Å². The molecule has 3 heterocycles. The molecule has 5 nitrogen and oxygen atoms in total. The lowest BCUT2D eigenvalue weighted by molar-refractivity contribution is 0.138. The smallest absolute Gasteiger partial charge is 0.128 e. The zero-order valence-corrected chi connectivity index (χ0v) is 14.3. The van der Waals surface area contributed by atoms with Crippen molar-refractivity contribution in [1.29, 1.82) is 0 Å². The number of piperidine rings is 1. The molecule has 1 N–H and O–H groups in total. The highest BCUT2D eigenvalue weighted by atomic mass is 16.5. The van der Waals surface area contributed by atoms with Gasteiger partial charge in [0.2, 0.25) is 0 Å². The minimum Gasteiger partial charge on any atom is -0.383 e. The second-order valence-electron chi connectivity index (χ2n) is 6.68. The molecule has 2 aliphatic rings. The molecule has 0 amide bonds. The van der Waals surface area contributed by atoms with E-state index in [9.17, 15) is 0 Å². The summed E-state index contributed by atoms with van der Waals surface area (Å²) in [6.07, 6.45) is 6.95. The molecule has 2 aliphatic heterocycles. The Morgan fingerprint density at radius 3 is 2.83 bits per heavy atom. The topological polar surface area (TPSA) is 40.6 Å². The molecule has 2 fully saturated rings. The monoisotopic (exact) mass is 318 g/mol. The van der Waals surface area contributed by atoms with Crippen LogP contribution in [-0.4, -0.2) is 68.4 Å². The van der Waals surface area contributed by atoms with Gasteiger partial charge in [-0.15, -0.1) is 0 Å². The largest absolute Gasteiger partial charge is 0.383 e. The van der Waals surface area contributed by atoms with Gasteiger partial charge in [0.1, 0.15) is 5.82 Å². The van der Waals surface area contributed by atoms with Crippen molar-refractivity contribution in [2.45, 2.75) is 37.8 Å². The Bertz CT molecular complexity index is 448. The van der Waals surface area contributed by atoms with Crippen LogP contribution in [0.3, 0.4) is 0 Å². The van der Waals surface area contributed by atoms with Crippen LogP contribution in [0.25, 0.3) is 0 Å². The number of rotatable bonds is 7. The molecule has 1 aromatic heterocycles. The predicted octanol–water partition coefficient (Wildman–Crippen LogP) is 1.75. The van der Waals surface area contributed by atoms with Gasteiger partial charge >= 0.3 is 0 Å². The van der Waals surface area contributed by atoms with E-state index in [1.54, 1.807) is 7.11 Å². The summed E-state index contributed by atoms with van der Waals surface area (Å²) in [5.74, 6) is 1.12. The molecule has 0 unspecified atom stereocenters. The Kier molecular flexibility index (Phi) is 6.25. The van der Waals surface area contributed by atoms with Crippen molar-refractivity contribution in [3.05, 3.63) is 24.4 Å². The maximum Gasteiger partial charge on any atom is 0.128 e. The molecular weight excluding hydrogens is 288 g/mol. The lowest BCUT2D eigenvalue weighted by atomic mass is 10.0. The molecule has 3 rings (SSSR count). The maximum atomic E-state index is 5.23. The number of aromatic nitrogens is 1. The van der Waals surface area contributed by atoms with Gasteiger partial charge < -0.3 is 15.0 Å². The summed E-state index contributed by atoms with van der Waals surface area (Å²) >= 11 is 0. The molecule has 23 heavy (non-hydrogen) atoms. The van der Waals surface area contributed by atoms with Gasteiger partial charge in [0.25, 0.3) is 0 Å². The van der Waals surface area contributed by atoms with Gasteiger partial charge in [-0.3, -0.25) is 4.90 Å². The second-order valence-corrected chi connectivity index (χ2v) is 6.68. The number of ether oxygens (including phenoxy) is 1. The van der Waals surface area contributed by atoms with Crippen LogP contribution in [0.5, 0.6) is 0 Å². The average Bonchev–Trinajstić information content (AvgIpc) is 3.07. The fourth-order valence-corrected chi connectivity index (χ4v) is 3.79. The fraction of sp³-hybridized carbons (Fsp3) is 0.722. The summed E-state index contributed by atoms with van der Waals surface area (Å²) in [5, 5.41) is 3.81. The third-order valence-electron chi connectivity index (χ3n) is 5.19. The highest BCUT2D eigenvalue weighted by Crippen LogP contribution is 2.19. The number of nitrogens with one attached hydrogen (secondary N) is 1. The summed E-state index contributed by atoms with van der Waals surface area (Å²) in [4.78, 5) is 9.45. The van der Waals surface area contributed by atoms with E-state index < -0.39 is 0 Å². The van der Waals surface area contributed by atoms with Crippen molar-refractivity contribution >= 4 is 5.82 Å². The van der Waals surface area contributed by atoms with Crippen LogP contribution in [0, 0.1) is 0 Å². The van der Waals surface area contributed by atoms with Crippen molar-refractivity contribution in [1.82, 2.24) is 15.2 Å². The van der Waals surface area contributed by atoms with E-state index in [2.05, 4.69) is 32.2 Å². The second kappa shape index (κ2) is 8.62. The number of pyridine rings is 1. The van der Waals surface area contributed by atoms with E-state index >= 15 is 0 Å². The normalized spacial score (nSPS) is 23.5. The number of anilines is 1. The van der Waals surface area contributed by atoms with Gasteiger partial charge in [0.15, 0.2) is 0 Å². The van der Waals surface area contributed by atoms with Crippen LogP contribution in [-0.2, 0) is 4.74 Å². The fourth-order valence-electron chi connectivity index (χ4n) is 3.79. The molecule has 2 saturated heterocycles. The van der Waals surface area contributed by atoms with E-state index in [1.807, 2.05) is 12.3 Å². The van der Waals surface area contributed by atoms with Crippen molar-refractivity contribution in [3.8, 4) is 0 Å². The number of methoxy groups -OCH3 is 1. The minimum absolute atomic E-state index is 0.653. The van der Waals surface area contributed by atoms with Gasteiger partial charge in [-0.25, -0.2) is 4.98 Å². The maximum absolute atomic E-state index is 5.23. The number of hydrogen-bond acceptors (Lipinski definition) is 5. The van der Waals surface area contributed by atoms with Gasteiger partial charge in [0, 0.05) is 51.6 Å². The van der Waals surface area contributed by atoms with E-state index in [0.29, 0.717) is 12.1 Å². The van der Waals surface area contributed by atoms with Gasteiger partial charge in [0.05, 0.1) is 6.61 Å². The van der Waals surface area contributed by atoms with Crippen LogP contribution in [0.1, 0.15) is 25.7 Å². The quantitative estimate of drug-likeness (QED) is 0.829. The van der Waals surface area contributed by atoms with E-state index in [0.717, 1.165) is 38.6 Å². The molecule has 1 aromatic rings. The summed E-state index contributed by atoms with van der Waals surface area (Å²) < 4.78 is 5.23. The SMILES string of the molecule is COCCN1CCC[C@H]1CNC1CCN(c2ccccn2)CC1. The molecule has 0 aromatic carbocycles. The van der Waals surface area contributed by atoms with Crippen LogP contribution < -0.4 is 10.2 Å². The predicted molar refractivity (Wildman–Crippen MR) is 93.9 cm³/mol. The van der Waals surface area contributed by atoms with E-state index in [-0.39, 0.29) is 0 Å². The first-order valence-electron chi connectivity index (χ1n) is 8.99. The van der Waals surface area contributed by atoms with Crippen LogP contribution in [0.2, 0.25) is 0 Å². The Balaban J connectivity index is 1.39. The van der Waals surface area contributed by atoms with Crippen molar-refractivity contribution in [2.24, 2.45) is 0 Å². The Morgan fingerprint density at radius 1 is 1.22 bits per heavy atom. The number of nitrogens with zero attached hydrogens (tertiary/aromatic N) is 3. The molecule has 0 saturated carbocycles. The zero-order chi connectivity index (χ0) is 15.9. The molecule has 0 spiro atoms. The molecule has 128 valence electrons. The molecule has 0 aliphatic carbocycles. The number of likely N-dealkylation sites (tertiary alicyclic amines) is 1. The average molecular weight is 318 g/mol. The molecular formula is C18H30N4O. The van der Waals surface area contributed by atoms with Crippen LogP contribution in [0.15, 0.2) is 24.4 Å². The van der Waals surface area contributed by atoms with E-state index in [4.69, 9.17) is 4.74 Å². The minimum atomic E-state index is 0.653. The summed E-state index contributed by atoms with van der Waals surface area (Å²) in [7, 11) is 1.79.